The van der Waals surface area contributed by atoms with E-state index in [1.54, 1.807) is 25.3 Å². The number of hydrogen-bond donors (Lipinski definition) is 1. The predicted octanol–water partition coefficient (Wildman–Crippen LogP) is 2.00. The molecule has 1 atom stereocenters. The molecule has 1 N–H and O–H groups in total. The summed E-state index contributed by atoms with van der Waals surface area (Å²) in [6.07, 6.45) is 1.05. The van der Waals surface area contributed by atoms with Crippen molar-refractivity contribution in [1.29, 1.82) is 0 Å². The van der Waals surface area contributed by atoms with Gasteiger partial charge >= 0.3 is 5.97 Å². The number of carboxylic acids is 1. The molecule has 2 rings (SSSR count). The van der Waals surface area contributed by atoms with Crippen LogP contribution in [0.1, 0.15) is 41.6 Å². The molecule has 1 fully saturated rings. The zero-order valence-corrected chi connectivity index (χ0v) is 12.7. The van der Waals surface area contributed by atoms with Crippen LogP contribution < -0.4 is 4.74 Å². The molecule has 1 aliphatic heterocycles. The Morgan fingerprint density at radius 3 is 2.73 bits per heavy atom. The SMILES string of the molecule is COc1ccc(C(=O)N2C(=O)CCC2CCC(=O)O)cc1C. The van der Waals surface area contributed by atoms with E-state index in [1.165, 1.54) is 4.90 Å². The number of aliphatic carboxylic acids is 1. The monoisotopic (exact) mass is 305 g/mol. The van der Waals surface area contributed by atoms with Gasteiger partial charge in [-0.15, -0.1) is 0 Å². The van der Waals surface area contributed by atoms with Gasteiger partial charge in [0.05, 0.1) is 7.11 Å². The number of benzene rings is 1. The summed E-state index contributed by atoms with van der Waals surface area (Å²) in [7, 11) is 1.55. The summed E-state index contributed by atoms with van der Waals surface area (Å²) >= 11 is 0. The maximum absolute atomic E-state index is 12.6. The minimum Gasteiger partial charge on any atom is -0.496 e. The molecule has 1 heterocycles. The van der Waals surface area contributed by atoms with Crippen molar-refractivity contribution in [1.82, 2.24) is 4.90 Å². The van der Waals surface area contributed by atoms with Crippen molar-refractivity contribution in [2.24, 2.45) is 0 Å². The van der Waals surface area contributed by atoms with E-state index in [2.05, 4.69) is 0 Å². The Morgan fingerprint density at radius 1 is 1.41 bits per heavy atom. The molecule has 1 unspecified atom stereocenters. The second-order valence-corrected chi connectivity index (χ2v) is 5.38. The Balaban J connectivity index is 2.20. The molecule has 118 valence electrons. The van der Waals surface area contributed by atoms with Crippen LogP contribution in [0.3, 0.4) is 0 Å². The van der Waals surface area contributed by atoms with Gasteiger partial charge in [-0.05, 0) is 43.5 Å². The van der Waals surface area contributed by atoms with Gasteiger partial charge in [0.1, 0.15) is 5.75 Å². The van der Waals surface area contributed by atoms with Gasteiger partial charge in [-0.3, -0.25) is 19.3 Å². The maximum Gasteiger partial charge on any atom is 0.303 e. The molecule has 0 aliphatic carbocycles. The van der Waals surface area contributed by atoms with Crippen molar-refractivity contribution < 1.29 is 24.2 Å². The van der Waals surface area contributed by atoms with Crippen LogP contribution >= 0.6 is 0 Å². The molecule has 0 bridgehead atoms. The van der Waals surface area contributed by atoms with Crippen molar-refractivity contribution in [3.05, 3.63) is 29.3 Å². The van der Waals surface area contributed by atoms with Gasteiger partial charge in [0.15, 0.2) is 0 Å². The predicted molar refractivity (Wildman–Crippen MR) is 78.8 cm³/mol. The first-order valence-corrected chi connectivity index (χ1v) is 7.17. The zero-order valence-electron chi connectivity index (χ0n) is 12.7. The topological polar surface area (TPSA) is 83.9 Å². The minimum atomic E-state index is -0.924. The molecule has 1 aliphatic rings. The van der Waals surface area contributed by atoms with E-state index in [0.29, 0.717) is 24.2 Å². The number of imide groups is 1. The lowest BCUT2D eigenvalue weighted by Gasteiger charge is -2.23. The minimum absolute atomic E-state index is 0.0522. The molecule has 2 amide bonds. The van der Waals surface area contributed by atoms with E-state index in [4.69, 9.17) is 9.84 Å². The second-order valence-electron chi connectivity index (χ2n) is 5.38. The van der Waals surface area contributed by atoms with Crippen molar-refractivity contribution in [3.63, 3.8) is 0 Å². The van der Waals surface area contributed by atoms with E-state index in [9.17, 15) is 14.4 Å². The molecule has 22 heavy (non-hydrogen) atoms. The van der Waals surface area contributed by atoms with E-state index in [0.717, 1.165) is 5.56 Å². The summed E-state index contributed by atoms with van der Waals surface area (Å²) in [4.78, 5) is 36.5. The Kier molecular flexibility index (Phi) is 4.80. The quantitative estimate of drug-likeness (QED) is 0.841. The third-order valence-corrected chi connectivity index (χ3v) is 3.88. The van der Waals surface area contributed by atoms with Crippen molar-refractivity contribution >= 4 is 17.8 Å². The fraction of sp³-hybridized carbons (Fsp3) is 0.438. The molecule has 0 radical (unpaired) electrons. The molecular formula is C16H19NO5. The number of amides is 2. The third-order valence-electron chi connectivity index (χ3n) is 3.88. The normalized spacial score (nSPS) is 17.6. The average Bonchev–Trinajstić information content (AvgIpc) is 2.85. The largest absolute Gasteiger partial charge is 0.496 e. The van der Waals surface area contributed by atoms with Crippen LogP contribution in [0.2, 0.25) is 0 Å². The van der Waals surface area contributed by atoms with Crippen LogP contribution in [0.15, 0.2) is 18.2 Å². The van der Waals surface area contributed by atoms with Gasteiger partial charge in [0, 0.05) is 24.4 Å². The lowest BCUT2D eigenvalue weighted by atomic mass is 10.1. The van der Waals surface area contributed by atoms with E-state index >= 15 is 0 Å². The summed E-state index contributed by atoms with van der Waals surface area (Å²) in [6.45, 7) is 1.82. The number of likely N-dealkylation sites (tertiary alicyclic amines) is 1. The van der Waals surface area contributed by atoms with Crippen LogP contribution in [0.5, 0.6) is 5.75 Å². The Hall–Kier alpha value is -2.37. The van der Waals surface area contributed by atoms with Gasteiger partial charge in [0.2, 0.25) is 5.91 Å². The third kappa shape index (κ3) is 3.27. The summed E-state index contributed by atoms with van der Waals surface area (Å²) in [5.74, 6) is -0.865. The highest BCUT2D eigenvalue weighted by Crippen LogP contribution is 2.26. The lowest BCUT2D eigenvalue weighted by molar-refractivity contribution is -0.137. The number of ether oxygens (including phenoxy) is 1. The average molecular weight is 305 g/mol. The van der Waals surface area contributed by atoms with Gasteiger partial charge in [-0.25, -0.2) is 0 Å². The smallest absolute Gasteiger partial charge is 0.303 e. The first kappa shape index (κ1) is 16.0. The number of carbonyl (C=O) groups is 3. The Morgan fingerprint density at radius 2 is 2.14 bits per heavy atom. The van der Waals surface area contributed by atoms with Gasteiger partial charge < -0.3 is 9.84 Å². The lowest BCUT2D eigenvalue weighted by Crippen LogP contribution is -2.39. The number of aryl methyl sites for hydroxylation is 1. The highest BCUT2D eigenvalue weighted by molar-refractivity contribution is 6.06. The number of rotatable bonds is 5. The summed E-state index contributed by atoms with van der Waals surface area (Å²) in [6, 6.07) is 4.66. The van der Waals surface area contributed by atoms with Gasteiger partial charge in [-0.1, -0.05) is 0 Å². The van der Waals surface area contributed by atoms with Crippen molar-refractivity contribution in [2.45, 2.75) is 38.6 Å². The second kappa shape index (κ2) is 6.60. The number of carbonyl (C=O) groups excluding carboxylic acids is 2. The van der Waals surface area contributed by atoms with Gasteiger partial charge in [-0.2, -0.15) is 0 Å². The maximum atomic E-state index is 12.6. The molecule has 0 aromatic heterocycles. The van der Waals surface area contributed by atoms with Crippen LogP contribution in [0, 0.1) is 6.92 Å². The molecular weight excluding hydrogens is 286 g/mol. The summed E-state index contributed by atoms with van der Waals surface area (Å²) in [5.41, 5.74) is 1.22. The number of carboxylic acid groups (broad SMARTS) is 1. The highest BCUT2D eigenvalue weighted by atomic mass is 16.5. The fourth-order valence-corrected chi connectivity index (χ4v) is 2.74. The van der Waals surface area contributed by atoms with E-state index in [1.807, 2.05) is 6.92 Å². The van der Waals surface area contributed by atoms with Crippen LogP contribution in [0.4, 0.5) is 0 Å². The van der Waals surface area contributed by atoms with E-state index in [-0.39, 0.29) is 30.7 Å². The highest BCUT2D eigenvalue weighted by Gasteiger charge is 2.36. The van der Waals surface area contributed by atoms with Crippen LogP contribution in [-0.4, -0.2) is 40.9 Å². The van der Waals surface area contributed by atoms with Gasteiger partial charge in [0.25, 0.3) is 5.91 Å². The first-order valence-electron chi connectivity index (χ1n) is 7.17. The van der Waals surface area contributed by atoms with Crippen molar-refractivity contribution in [3.8, 4) is 5.75 Å². The number of methoxy groups -OCH3 is 1. The first-order chi connectivity index (χ1) is 10.4. The Bertz CT molecular complexity index is 611. The fourth-order valence-electron chi connectivity index (χ4n) is 2.74. The molecule has 1 aromatic rings. The number of hydrogen-bond acceptors (Lipinski definition) is 4. The summed E-state index contributed by atoms with van der Waals surface area (Å²) in [5, 5.41) is 8.77. The number of nitrogens with zero attached hydrogens (tertiary/aromatic N) is 1. The molecule has 0 saturated carbocycles. The molecule has 6 heteroatoms. The molecule has 1 aromatic carbocycles. The van der Waals surface area contributed by atoms with Crippen LogP contribution in [-0.2, 0) is 9.59 Å². The standard InChI is InChI=1S/C16H19NO5/c1-10-9-11(3-6-13(10)22-2)16(21)17-12(4-7-14(17)18)5-8-15(19)20/h3,6,9,12H,4-5,7-8H2,1-2H3,(H,19,20). The zero-order chi connectivity index (χ0) is 16.3. The van der Waals surface area contributed by atoms with Crippen molar-refractivity contribution in [2.75, 3.05) is 7.11 Å². The van der Waals surface area contributed by atoms with Crippen LogP contribution in [0.25, 0.3) is 0 Å². The molecule has 0 spiro atoms. The molecule has 1 saturated heterocycles. The summed E-state index contributed by atoms with van der Waals surface area (Å²) < 4.78 is 5.16. The van der Waals surface area contributed by atoms with E-state index < -0.39 is 5.97 Å². The Labute approximate surface area is 128 Å². The molecule has 6 nitrogen and oxygen atoms in total.